The van der Waals surface area contributed by atoms with Gasteiger partial charge in [-0.3, -0.25) is 9.52 Å². The number of nitrogens with one attached hydrogen (secondary N) is 4. The Morgan fingerprint density at radius 3 is 2.39 bits per heavy atom. The van der Waals surface area contributed by atoms with Crippen LogP contribution in [-0.2, 0) is 19.6 Å². The lowest BCUT2D eigenvalue weighted by atomic mass is 10.0. The number of carbonyl (C=O) groups excluding carboxylic acids is 2. The second kappa shape index (κ2) is 13.3. The largest absolute Gasteiger partial charge is 0.481 e. The third kappa shape index (κ3) is 9.45. The van der Waals surface area contributed by atoms with E-state index in [-0.39, 0.29) is 23.1 Å². The number of alkyl carbamates (subject to hydrolysis) is 1. The summed E-state index contributed by atoms with van der Waals surface area (Å²) in [6, 6.07) is 10.4. The van der Waals surface area contributed by atoms with Crippen molar-refractivity contribution in [3.63, 3.8) is 0 Å². The van der Waals surface area contributed by atoms with Crippen LogP contribution < -0.4 is 20.7 Å². The molecule has 0 heterocycles. The van der Waals surface area contributed by atoms with Crippen molar-refractivity contribution in [3.8, 4) is 0 Å². The average Bonchev–Trinajstić information content (AvgIpc) is 2.81. The molecule has 2 aromatic carbocycles. The van der Waals surface area contributed by atoms with E-state index in [1.54, 1.807) is 18.2 Å². The molecule has 0 unspecified atom stereocenters. The van der Waals surface area contributed by atoms with Crippen molar-refractivity contribution in [1.82, 2.24) is 10.6 Å². The molecule has 12 heteroatoms. The van der Waals surface area contributed by atoms with Gasteiger partial charge < -0.3 is 25.8 Å². The molecule has 0 aliphatic heterocycles. The molecular formula is C24H32N4O7S. The van der Waals surface area contributed by atoms with Gasteiger partial charge in [0.25, 0.3) is 10.0 Å². The molecule has 2 aromatic rings. The summed E-state index contributed by atoms with van der Waals surface area (Å²) in [5.74, 6) is -1.05. The van der Waals surface area contributed by atoms with Crippen molar-refractivity contribution in [1.29, 1.82) is 0 Å². The Labute approximate surface area is 210 Å². The lowest BCUT2D eigenvalue weighted by Crippen LogP contribution is -2.31. The van der Waals surface area contributed by atoms with Crippen LogP contribution in [-0.4, -0.2) is 44.8 Å². The standard InChI is InChI=1S/C24H32N4O7S/c1-4-11-25-23(31)26-18-8-6-10-20(13-18)36(33,34)28-19-9-5-7-17(12-19)21(14-22(29)30)27-24(32)35-15-16(2)3/h5-10,12-13,16,21,28H,4,11,14-15H2,1-3H3,(H,27,32)(H,29,30)(H2,25,26,31)/t21-/m1/s1. The molecule has 196 valence electrons. The first-order chi connectivity index (χ1) is 17.0. The summed E-state index contributed by atoms with van der Waals surface area (Å²) in [6.45, 7) is 6.29. The molecule has 0 aromatic heterocycles. The predicted octanol–water partition coefficient (Wildman–Crippen LogP) is 3.92. The van der Waals surface area contributed by atoms with Gasteiger partial charge in [0.1, 0.15) is 0 Å². The molecule has 5 N–H and O–H groups in total. The zero-order chi connectivity index (χ0) is 26.7. The first-order valence-electron chi connectivity index (χ1n) is 11.4. The van der Waals surface area contributed by atoms with Crippen LogP contribution in [0.25, 0.3) is 0 Å². The van der Waals surface area contributed by atoms with E-state index >= 15 is 0 Å². The number of ether oxygens (including phenoxy) is 1. The molecule has 0 aliphatic carbocycles. The second-order valence-electron chi connectivity index (χ2n) is 8.43. The zero-order valence-corrected chi connectivity index (χ0v) is 21.2. The minimum Gasteiger partial charge on any atom is -0.481 e. The van der Waals surface area contributed by atoms with Gasteiger partial charge in [-0.1, -0.05) is 39.0 Å². The number of urea groups is 1. The molecule has 0 radical (unpaired) electrons. The Kier molecular flexibility index (Phi) is 10.5. The summed E-state index contributed by atoms with van der Waals surface area (Å²) >= 11 is 0. The maximum Gasteiger partial charge on any atom is 0.407 e. The average molecular weight is 521 g/mol. The van der Waals surface area contributed by atoms with E-state index in [4.69, 9.17) is 4.74 Å². The number of hydrogen-bond acceptors (Lipinski definition) is 6. The molecular weight excluding hydrogens is 488 g/mol. The highest BCUT2D eigenvalue weighted by Gasteiger charge is 2.21. The van der Waals surface area contributed by atoms with E-state index in [0.29, 0.717) is 17.8 Å². The van der Waals surface area contributed by atoms with Crippen molar-refractivity contribution in [2.24, 2.45) is 5.92 Å². The summed E-state index contributed by atoms with van der Waals surface area (Å²) in [7, 11) is -4.05. The van der Waals surface area contributed by atoms with Gasteiger partial charge in [-0.25, -0.2) is 18.0 Å². The third-order valence-electron chi connectivity index (χ3n) is 4.70. The quantitative estimate of drug-likeness (QED) is 0.283. The van der Waals surface area contributed by atoms with E-state index in [1.165, 1.54) is 30.3 Å². The minimum absolute atomic E-state index is 0.0846. The van der Waals surface area contributed by atoms with Crippen molar-refractivity contribution in [3.05, 3.63) is 54.1 Å². The molecule has 1 atom stereocenters. The number of carbonyl (C=O) groups is 3. The first kappa shape index (κ1) is 28.4. The Balaban J connectivity index is 2.20. The van der Waals surface area contributed by atoms with Crippen LogP contribution in [0.3, 0.4) is 0 Å². The summed E-state index contributed by atoms with van der Waals surface area (Å²) in [5.41, 5.74) is 0.840. The summed E-state index contributed by atoms with van der Waals surface area (Å²) in [4.78, 5) is 35.3. The van der Waals surface area contributed by atoms with Gasteiger partial charge in [0, 0.05) is 17.9 Å². The summed E-state index contributed by atoms with van der Waals surface area (Å²) in [5, 5.41) is 17.0. The zero-order valence-electron chi connectivity index (χ0n) is 20.4. The smallest absolute Gasteiger partial charge is 0.407 e. The van der Waals surface area contributed by atoms with E-state index in [0.717, 1.165) is 6.42 Å². The molecule has 36 heavy (non-hydrogen) atoms. The van der Waals surface area contributed by atoms with Crippen molar-refractivity contribution in [2.45, 2.75) is 44.6 Å². The maximum absolute atomic E-state index is 13.0. The fourth-order valence-corrected chi connectivity index (χ4v) is 4.14. The molecule has 0 spiro atoms. The molecule has 3 amide bonds. The van der Waals surface area contributed by atoms with Crippen LogP contribution >= 0.6 is 0 Å². The minimum atomic E-state index is -4.05. The number of anilines is 2. The number of carboxylic acids is 1. The van der Waals surface area contributed by atoms with Gasteiger partial charge >= 0.3 is 18.1 Å². The molecule has 0 saturated carbocycles. The lowest BCUT2D eigenvalue weighted by Gasteiger charge is -2.19. The maximum atomic E-state index is 13.0. The summed E-state index contributed by atoms with van der Waals surface area (Å²) < 4.78 is 33.5. The van der Waals surface area contributed by atoms with Gasteiger partial charge in [-0.05, 0) is 48.2 Å². The van der Waals surface area contributed by atoms with Gasteiger partial charge in [0.05, 0.1) is 24.0 Å². The predicted molar refractivity (Wildman–Crippen MR) is 135 cm³/mol. The van der Waals surface area contributed by atoms with Gasteiger partial charge in [-0.15, -0.1) is 0 Å². The van der Waals surface area contributed by atoms with E-state index in [9.17, 15) is 27.9 Å². The molecule has 0 saturated heterocycles. The molecule has 11 nitrogen and oxygen atoms in total. The van der Waals surface area contributed by atoms with Gasteiger partial charge in [0.15, 0.2) is 0 Å². The summed E-state index contributed by atoms with van der Waals surface area (Å²) in [6.07, 6.45) is -0.443. The Morgan fingerprint density at radius 1 is 1.03 bits per heavy atom. The number of hydrogen-bond donors (Lipinski definition) is 5. The first-order valence-corrected chi connectivity index (χ1v) is 12.9. The van der Waals surface area contributed by atoms with Gasteiger partial charge in [0.2, 0.25) is 0 Å². The second-order valence-corrected chi connectivity index (χ2v) is 10.1. The number of amides is 3. The Morgan fingerprint density at radius 2 is 1.72 bits per heavy atom. The van der Waals surface area contributed by atoms with Crippen LogP contribution in [0.15, 0.2) is 53.4 Å². The fraction of sp³-hybridized carbons (Fsp3) is 0.375. The Hall–Kier alpha value is -3.80. The number of sulfonamides is 1. The number of rotatable bonds is 12. The van der Waals surface area contributed by atoms with Crippen LogP contribution in [0.2, 0.25) is 0 Å². The third-order valence-corrected chi connectivity index (χ3v) is 6.08. The SMILES string of the molecule is CCCNC(=O)Nc1cccc(S(=O)(=O)Nc2cccc([C@@H](CC(=O)O)NC(=O)OCC(C)C)c2)c1. The van der Waals surface area contributed by atoms with Crippen molar-refractivity contribution >= 4 is 39.5 Å². The number of carboxylic acid groups (broad SMARTS) is 1. The van der Waals surface area contributed by atoms with Gasteiger partial charge in [-0.2, -0.15) is 0 Å². The monoisotopic (exact) mass is 520 g/mol. The highest BCUT2D eigenvalue weighted by Crippen LogP contribution is 2.24. The van der Waals surface area contributed by atoms with Crippen molar-refractivity contribution < 1.29 is 32.6 Å². The van der Waals surface area contributed by atoms with E-state index in [1.807, 2.05) is 20.8 Å². The highest BCUT2D eigenvalue weighted by molar-refractivity contribution is 7.92. The van der Waals surface area contributed by atoms with E-state index < -0.39 is 40.6 Å². The number of benzene rings is 2. The normalized spacial score (nSPS) is 11.9. The van der Waals surface area contributed by atoms with Crippen LogP contribution in [0.5, 0.6) is 0 Å². The van der Waals surface area contributed by atoms with Crippen LogP contribution in [0, 0.1) is 5.92 Å². The molecule has 0 aliphatic rings. The van der Waals surface area contributed by atoms with E-state index in [2.05, 4.69) is 20.7 Å². The Bertz CT molecular complexity index is 1170. The molecule has 0 bridgehead atoms. The van der Waals surface area contributed by atoms with Crippen LogP contribution in [0.4, 0.5) is 21.0 Å². The molecule has 2 rings (SSSR count). The lowest BCUT2D eigenvalue weighted by molar-refractivity contribution is -0.137. The topological polar surface area (TPSA) is 163 Å². The highest BCUT2D eigenvalue weighted by atomic mass is 32.2. The van der Waals surface area contributed by atoms with Crippen LogP contribution in [0.1, 0.15) is 45.2 Å². The molecule has 0 fully saturated rings. The fourth-order valence-electron chi connectivity index (χ4n) is 3.04. The van der Waals surface area contributed by atoms with Crippen molar-refractivity contribution in [2.75, 3.05) is 23.2 Å². The number of aliphatic carboxylic acids is 1.